The number of nitrogens with one attached hydrogen (secondary N) is 1. The number of hydrogen-bond donors (Lipinski definition) is 1. The molecule has 0 amide bonds. The van der Waals surface area contributed by atoms with Crippen molar-refractivity contribution in [2.45, 2.75) is 19.4 Å². The minimum atomic E-state index is 0.129. The Bertz CT molecular complexity index is 567. The lowest BCUT2D eigenvalue weighted by Crippen LogP contribution is -2.22. The van der Waals surface area contributed by atoms with Gasteiger partial charge >= 0.3 is 0 Å². The van der Waals surface area contributed by atoms with E-state index in [-0.39, 0.29) is 6.10 Å². The Balaban J connectivity index is 1.84. The summed E-state index contributed by atoms with van der Waals surface area (Å²) in [5.41, 5.74) is 1.06. The molecule has 1 atom stereocenters. The summed E-state index contributed by atoms with van der Waals surface area (Å²) >= 11 is 5.31. The molecule has 0 saturated heterocycles. The van der Waals surface area contributed by atoms with E-state index in [1.54, 1.807) is 0 Å². The van der Waals surface area contributed by atoms with Gasteiger partial charge in [-0.05, 0) is 36.8 Å². The zero-order chi connectivity index (χ0) is 12.5. The van der Waals surface area contributed by atoms with Gasteiger partial charge in [-0.15, -0.1) is 11.3 Å². The number of fused-ring (bicyclic) bond motifs is 1. The fourth-order valence-corrected chi connectivity index (χ4v) is 3.40. The van der Waals surface area contributed by atoms with Gasteiger partial charge < -0.3 is 10.1 Å². The van der Waals surface area contributed by atoms with E-state index < -0.39 is 0 Å². The molecule has 94 valence electrons. The molecule has 1 aromatic carbocycles. The van der Waals surface area contributed by atoms with Crippen LogP contribution in [0.5, 0.6) is 5.75 Å². The van der Waals surface area contributed by atoms with Crippen molar-refractivity contribution >= 4 is 33.0 Å². The molecule has 0 radical (unpaired) electrons. The smallest absolute Gasteiger partial charge is 0.150 e. The molecule has 18 heavy (non-hydrogen) atoms. The first kappa shape index (κ1) is 12.1. The van der Waals surface area contributed by atoms with Crippen molar-refractivity contribution in [1.82, 2.24) is 0 Å². The molecule has 1 N–H and O–H groups in total. The van der Waals surface area contributed by atoms with Crippen LogP contribution in [0.3, 0.4) is 0 Å². The van der Waals surface area contributed by atoms with Crippen LogP contribution in [-0.4, -0.2) is 6.54 Å². The number of aryl methyl sites for hydroxylation is 1. The molecule has 1 unspecified atom stereocenters. The highest BCUT2D eigenvalue weighted by Crippen LogP contribution is 2.37. The van der Waals surface area contributed by atoms with Gasteiger partial charge in [-0.2, -0.15) is 0 Å². The van der Waals surface area contributed by atoms with Crippen LogP contribution in [0.15, 0.2) is 34.8 Å². The number of thiophene rings is 1. The van der Waals surface area contributed by atoms with Crippen LogP contribution in [0.1, 0.15) is 22.8 Å². The van der Waals surface area contributed by atoms with Crippen LogP contribution in [0, 0.1) is 0 Å². The minimum absolute atomic E-state index is 0.129. The monoisotopic (exact) mass is 323 g/mol. The van der Waals surface area contributed by atoms with Gasteiger partial charge in [-0.1, -0.05) is 22.9 Å². The van der Waals surface area contributed by atoms with Crippen LogP contribution in [0.4, 0.5) is 5.69 Å². The van der Waals surface area contributed by atoms with Crippen LogP contribution < -0.4 is 10.1 Å². The van der Waals surface area contributed by atoms with Gasteiger partial charge in [-0.3, -0.25) is 0 Å². The molecule has 3 rings (SSSR count). The standard InChI is InChI=1S/C14H14BrNOS/c1-2-10-4-6-14(18-10)13-8-16-11-7-9(15)3-5-12(11)17-13/h3-7,13,16H,2,8H2,1H3. The normalized spacial score (nSPS) is 17.8. The molecule has 1 aromatic heterocycles. The first-order valence-corrected chi connectivity index (χ1v) is 7.66. The SMILES string of the molecule is CCc1ccc(C2CNc3cc(Br)ccc3O2)s1. The predicted octanol–water partition coefficient (Wildman–Crippen LogP) is 4.62. The Morgan fingerprint density at radius 1 is 1.39 bits per heavy atom. The fraction of sp³-hybridized carbons (Fsp3) is 0.286. The number of hydrogen-bond acceptors (Lipinski definition) is 3. The summed E-state index contributed by atoms with van der Waals surface area (Å²) in [4.78, 5) is 2.71. The van der Waals surface area contributed by atoms with Gasteiger partial charge in [-0.25, -0.2) is 0 Å². The molecule has 1 aliphatic heterocycles. The largest absolute Gasteiger partial charge is 0.481 e. The van der Waals surface area contributed by atoms with Gasteiger partial charge in [0.1, 0.15) is 5.75 Å². The fourth-order valence-electron chi connectivity index (χ4n) is 2.06. The molecule has 2 nitrogen and oxygen atoms in total. The van der Waals surface area contributed by atoms with E-state index in [4.69, 9.17) is 4.74 Å². The first-order chi connectivity index (χ1) is 8.76. The summed E-state index contributed by atoms with van der Waals surface area (Å²) in [5, 5.41) is 3.43. The first-order valence-electron chi connectivity index (χ1n) is 6.05. The zero-order valence-electron chi connectivity index (χ0n) is 10.1. The second-order valence-corrected chi connectivity index (χ2v) is 6.40. The Kier molecular flexibility index (Phi) is 3.31. The van der Waals surface area contributed by atoms with Crippen molar-refractivity contribution in [2.24, 2.45) is 0 Å². The van der Waals surface area contributed by atoms with Gasteiger partial charge in [0.05, 0.1) is 12.2 Å². The number of ether oxygens (including phenoxy) is 1. The van der Waals surface area contributed by atoms with Crippen molar-refractivity contribution in [3.8, 4) is 5.75 Å². The van der Waals surface area contributed by atoms with Gasteiger partial charge in [0.25, 0.3) is 0 Å². The number of rotatable bonds is 2. The summed E-state index contributed by atoms with van der Waals surface area (Å²) in [6.45, 7) is 3.01. The molecule has 0 spiro atoms. The second kappa shape index (κ2) is 4.94. The highest BCUT2D eigenvalue weighted by atomic mass is 79.9. The zero-order valence-corrected chi connectivity index (χ0v) is 12.5. The Morgan fingerprint density at radius 3 is 3.06 bits per heavy atom. The number of anilines is 1. The van der Waals surface area contributed by atoms with E-state index in [0.717, 1.165) is 28.9 Å². The summed E-state index contributed by atoms with van der Waals surface area (Å²) in [6, 6.07) is 10.4. The van der Waals surface area contributed by atoms with E-state index >= 15 is 0 Å². The molecule has 1 aliphatic rings. The molecular weight excluding hydrogens is 310 g/mol. The molecule has 0 aliphatic carbocycles. The maximum atomic E-state index is 6.06. The predicted molar refractivity (Wildman–Crippen MR) is 79.7 cm³/mol. The topological polar surface area (TPSA) is 21.3 Å². The van der Waals surface area contributed by atoms with E-state index in [1.165, 1.54) is 9.75 Å². The molecule has 4 heteroatoms. The van der Waals surface area contributed by atoms with Crippen molar-refractivity contribution in [2.75, 3.05) is 11.9 Å². The van der Waals surface area contributed by atoms with Crippen LogP contribution in [-0.2, 0) is 6.42 Å². The summed E-state index contributed by atoms with van der Waals surface area (Å²) in [7, 11) is 0. The van der Waals surface area contributed by atoms with Crippen LogP contribution in [0.2, 0.25) is 0 Å². The Morgan fingerprint density at radius 2 is 2.28 bits per heavy atom. The summed E-state index contributed by atoms with van der Waals surface area (Å²) in [5.74, 6) is 0.931. The maximum absolute atomic E-state index is 6.06. The lowest BCUT2D eigenvalue weighted by Gasteiger charge is -2.26. The van der Waals surface area contributed by atoms with Gasteiger partial charge in [0, 0.05) is 14.2 Å². The molecule has 0 fully saturated rings. The van der Waals surface area contributed by atoms with Crippen molar-refractivity contribution in [3.05, 3.63) is 44.6 Å². The molecular formula is C14H14BrNOS. The third-order valence-electron chi connectivity index (χ3n) is 3.04. The average Bonchev–Trinajstić information content (AvgIpc) is 2.87. The van der Waals surface area contributed by atoms with Crippen LogP contribution in [0.25, 0.3) is 0 Å². The lowest BCUT2D eigenvalue weighted by molar-refractivity contribution is 0.214. The maximum Gasteiger partial charge on any atom is 0.150 e. The number of halogens is 1. The highest BCUT2D eigenvalue weighted by molar-refractivity contribution is 9.10. The molecule has 2 aromatic rings. The number of benzene rings is 1. The molecule has 0 saturated carbocycles. The average molecular weight is 324 g/mol. The second-order valence-electron chi connectivity index (χ2n) is 4.29. The van der Waals surface area contributed by atoms with Gasteiger partial charge in [0.15, 0.2) is 6.10 Å². The van der Waals surface area contributed by atoms with E-state index in [1.807, 2.05) is 23.5 Å². The summed E-state index contributed by atoms with van der Waals surface area (Å²) in [6.07, 6.45) is 1.22. The molecule has 2 heterocycles. The Hall–Kier alpha value is -1.00. The highest BCUT2D eigenvalue weighted by Gasteiger charge is 2.22. The Labute approximate surface area is 119 Å². The van der Waals surface area contributed by atoms with E-state index in [9.17, 15) is 0 Å². The lowest BCUT2D eigenvalue weighted by atomic mass is 10.2. The van der Waals surface area contributed by atoms with Crippen LogP contribution >= 0.6 is 27.3 Å². The van der Waals surface area contributed by atoms with E-state index in [0.29, 0.717) is 0 Å². The van der Waals surface area contributed by atoms with Gasteiger partial charge in [0.2, 0.25) is 0 Å². The quantitative estimate of drug-likeness (QED) is 0.870. The molecule has 0 bridgehead atoms. The summed E-state index contributed by atoms with van der Waals surface area (Å²) < 4.78 is 7.13. The van der Waals surface area contributed by atoms with Crippen molar-refractivity contribution < 1.29 is 4.74 Å². The van der Waals surface area contributed by atoms with Crippen molar-refractivity contribution in [3.63, 3.8) is 0 Å². The van der Waals surface area contributed by atoms with Crippen molar-refractivity contribution in [1.29, 1.82) is 0 Å². The third-order valence-corrected chi connectivity index (χ3v) is 4.85. The van der Waals surface area contributed by atoms with E-state index in [2.05, 4.69) is 46.4 Å². The third kappa shape index (κ3) is 2.27. The minimum Gasteiger partial charge on any atom is -0.481 e.